The van der Waals surface area contributed by atoms with Gasteiger partial charge in [0.1, 0.15) is 0 Å². The number of H-pyrrole nitrogens is 2. The summed E-state index contributed by atoms with van der Waals surface area (Å²) in [6.07, 6.45) is -0.164. The van der Waals surface area contributed by atoms with Crippen LogP contribution in [0, 0.1) is 5.92 Å². The van der Waals surface area contributed by atoms with E-state index in [0.717, 1.165) is 5.56 Å². The summed E-state index contributed by atoms with van der Waals surface area (Å²) < 4.78 is 5.38. The number of fused-ring (bicyclic) bond motifs is 1. The molecule has 0 amide bonds. The van der Waals surface area contributed by atoms with Crippen molar-refractivity contribution < 1.29 is 14.6 Å². The largest absolute Gasteiger partial charge is 0.463 e. The third-order valence-electron chi connectivity index (χ3n) is 4.58. The molecule has 7 heteroatoms. The number of nitrogens with one attached hydrogen (secondary N) is 2. The molecule has 1 aliphatic carbocycles. The molecule has 0 unspecified atom stereocenters. The van der Waals surface area contributed by atoms with Crippen LogP contribution in [0.3, 0.4) is 0 Å². The summed E-state index contributed by atoms with van der Waals surface area (Å²) in [6.45, 7) is 5.10. The second-order valence-electron chi connectivity index (χ2n) is 7.00. The molecule has 0 fully saturated rings. The number of rotatable bonds is 3. The third-order valence-corrected chi connectivity index (χ3v) is 4.83. The number of hydrogen-bond acceptors (Lipinski definition) is 4. The van der Waals surface area contributed by atoms with Crippen molar-refractivity contribution in [3.05, 3.63) is 56.5 Å². The smallest absolute Gasteiger partial charge is 0.313 e. The number of benzene rings is 1. The first-order chi connectivity index (χ1) is 11.7. The molecule has 3 atom stereocenters. The summed E-state index contributed by atoms with van der Waals surface area (Å²) >= 11 is 5.97. The maximum absolute atomic E-state index is 12.8. The van der Waals surface area contributed by atoms with Crippen molar-refractivity contribution in [2.24, 2.45) is 5.92 Å². The molecule has 134 valence electrons. The second kappa shape index (κ2) is 6.35. The van der Waals surface area contributed by atoms with Crippen molar-refractivity contribution in [2.75, 3.05) is 0 Å². The van der Waals surface area contributed by atoms with Gasteiger partial charge in [-0.25, -0.2) is 0 Å². The van der Waals surface area contributed by atoms with E-state index in [9.17, 15) is 14.7 Å². The average Bonchev–Trinajstić information content (AvgIpc) is 2.85. The molecule has 0 spiro atoms. The van der Waals surface area contributed by atoms with Gasteiger partial charge >= 0.3 is 5.97 Å². The van der Waals surface area contributed by atoms with Gasteiger partial charge in [-0.1, -0.05) is 23.7 Å². The van der Waals surface area contributed by atoms with Gasteiger partial charge in [0.2, 0.25) is 0 Å². The van der Waals surface area contributed by atoms with Gasteiger partial charge in [-0.2, -0.15) is 0 Å². The van der Waals surface area contributed by atoms with E-state index in [2.05, 4.69) is 10.2 Å². The van der Waals surface area contributed by atoms with Crippen molar-refractivity contribution in [3.63, 3.8) is 0 Å². The van der Waals surface area contributed by atoms with Crippen molar-refractivity contribution >= 4 is 17.6 Å². The summed E-state index contributed by atoms with van der Waals surface area (Å²) in [7, 11) is 0. The first-order valence-electron chi connectivity index (χ1n) is 8.18. The van der Waals surface area contributed by atoms with E-state index < -0.39 is 23.4 Å². The van der Waals surface area contributed by atoms with Crippen molar-refractivity contribution in [1.29, 1.82) is 0 Å². The highest BCUT2D eigenvalue weighted by Crippen LogP contribution is 2.44. The molecule has 0 saturated carbocycles. The van der Waals surface area contributed by atoms with Crippen LogP contribution in [0.1, 0.15) is 43.5 Å². The second-order valence-corrected chi connectivity index (χ2v) is 7.43. The lowest BCUT2D eigenvalue weighted by atomic mass is 9.66. The highest BCUT2D eigenvalue weighted by Gasteiger charge is 2.51. The van der Waals surface area contributed by atoms with Gasteiger partial charge in [-0.3, -0.25) is 14.7 Å². The highest BCUT2D eigenvalue weighted by atomic mass is 35.5. The number of carbonyl (C=O) groups is 1. The van der Waals surface area contributed by atoms with Gasteiger partial charge in [0.25, 0.3) is 5.56 Å². The fourth-order valence-electron chi connectivity index (χ4n) is 3.59. The molecule has 0 bridgehead atoms. The zero-order valence-electron chi connectivity index (χ0n) is 14.3. The Balaban J connectivity index is 2.18. The minimum absolute atomic E-state index is 0.156. The van der Waals surface area contributed by atoms with Gasteiger partial charge in [0.15, 0.2) is 0 Å². The Labute approximate surface area is 150 Å². The zero-order chi connectivity index (χ0) is 18.4. The van der Waals surface area contributed by atoms with E-state index in [-0.39, 0.29) is 18.1 Å². The number of esters is 1. The number of aromatic nitrogens is 2. The number of ether oxygens (including phenoxy) is 1. The Kier molecular flexibility index (Phi) is 4.51. The maximum Gasteiger partial charge on any atom is 0.313 e. The Bertz CT molecular complexity index is 836. The van der Waals surface area contributed by atoms with E-state index in [4.69, 9.17) is 16.3 Å². The van der Waals surface area contributed by atoms with Crippen LogP contribution in [-0.4, -0.2) is 33.0 Å². The first-order valence-corrected chi connectivity index (χ1v) is 8.56. The van der Waals surface area contributed by atoms with Crippen LogP contribution >= 0.6 is 11.6 Å². The van der Waals surface area contributed by atoms with Gasteiger partial charge in [0.05, 0.1) is 17.6 Å². The Morgan fingerprint density at radius 2 is 1.96 bits per heavy atom. The lowest BCUT2D eigenvalue weighted by Gasteiger charge is -2.40. The van der Waals surface area contributed by atoms with Crippen LogP contribution in [0.4, 0.5) is 0 Å². The van der Waals surface area contributed by atoms with Crippen LogP contribution in [0.25, 0.3) is 0 Å². The molecule has 0 radical (unpaired) electrons. The van der Waals surface area contributed by atoms with Crippen molar-refractivity contribution in [2.45, 2.75) is 44.8 Å². The summed E-state index contributed by atoms with van der Waals surface area (Å²) in [5.41, 5.74) is 0.117. The van der Waals surface area contributed by atoms with Gasteiger partial charge in [-0.15, -0.1) is 0 Å². The molecule has 25 heavy (non-hydrogen) atoms. The molecular weight excluding hydrogens is 344 g/mol. The van der Waals surface area contributed by atoms with E-state index >= 15 is 0 Å². The number of aromatic amines is 2. The maximum atomic E-state index is 12.8. The predicted octanol–water partition coefficient (Wildman–Crippen LogP) is 2.36. The third kappa shape index (κ3) is 3.24. The fourth-order valence-corrected chi connectivity index (χ4v) is 3.72. The summed E-state index contributed by atoms with van der Waals surface area (Å²) in [5, 5.41) is 16.9. The standard InChI is InChI=1S/C18H21ClN2O4/c1-9(2)25-17(23)15-13(10-4-6-11(19)7-5-10)14-12(8-18(15,3)24)20-21-16(14)22/h4-7,9,13,15,24H,8H2,1-3H3,(H2,20,21,22)/t13-,15+,18+/m0/s1. The molecule has 1 aromatic heterocycles. The zero-order valence-corrected chi connectivity index (χ0v) is 15.1. The monoisotopic (exact) mass is 364 g/mol. The predicted molar refractivity (Wildman–Crippen MR) is 93.8 cm³/mol. The first kappa shape index (κ1) is 17.8. The fraction of sp³-hybridized carbons (Fsp3) is 0.444. The van der Waals surface area contributed by atoms with Crippen LogP contribution < -0.4 is 5.56 Å². The summed E-state index contributed by atoms with van der Waals surface area (Å²) in [5.74, 6) is -2.05. The van der Waals surface area contributed by atoms with E-state index in [1.165, 1.54) is 0 Å². The van der Waals surface area contributed by atoms with Gasteiger partial charge < -0.3 is 14.9 Å². The Morgan fingerprint density at radius 3 is 2.56 bits per heavy atom. The van der Waals surface area contributed by atoms with Crippen LogP contribution in [-0.2, 0) is 16.0 Å². The van der Waals surface area contributed by atoms with Crippen molar-refractivity contribution in [3.8, 4) is 0 Å². The minimum Gasteiger partial charge on any atom is -0.463 e. The number of hydrogen-bond donors (Lipinski definition) is 3. The lowest BCUT2D eigenvalue weighted by molar-refractivity contribution is -0.163. The number of carbonyl (C=O) groups excluding carboxylic acids is 1. The molecule has 1 aromatic carbocycles. The molecule has 1 heterocycles. The molecule has 6 nitrogen and oxygen atoms in total. The van der Waals surface area contributed by atoms with Crippen LogP contribution in [0.2, 0.25) is 5.02 Å². The van der Waals surface area contributed by atoms with E-state index in [1.54, 1.807) is 45.0 Å². The minimum atomic E-state index is -1.37. The summed E-state index contributed by atoms with van der Waals surface area (Å²) in [4.78, 5) is 25.2. The number of halogens is 1. The average molecular weight is 365 g/mol. The molecule has 0 saturated heterocycles. The van der Waals surface area contributed by atoms with Crippen LogP contribution in [0.15, 0.2) is 29.1 Å². The molecule has 0 aliphatic heterocycles. The lowest BCUT2D eigenvalue weighted by Crippen LogP contribution is -2.50. The molecule has 2 aromatic rings. The Hall–Kier alpha value is -2.05. The Morgan fingerprint density at radius 1 is 1.32 bits per heavy atom. The number of aliphatic hydroxyl groups is 1. The summed E-state index contributed by atoms with van der Waals surface area (Å²) in [6, 6.07) is 6.93. The normalized spacial score (nSPS) is 25.7. The molecule has 1 aliphatic rings. The topological polar surface area (TPSA) is 95.2 Å². The van der Waals surface area contributed by atoms with Crippen LogP contribution in [0.5, 0.6) is 0 Å². The van der Waals surface area contributed by atoms with Gasteiger partial charge in [0, 0.05) is 28.6 Å². The SMILES string of the molecule is CC(C)OC(=O)[C@H]1[C@@H](c2ccc(Cl)cc2)c2c([nH][nH]c2=O)C[C@@]1(C)O. The molecule has 3 N–H and O–H groups in total. The van der Waals surface area contributed by atoms with Crippen molar-refractivity contribution in [1.82, 2.24) is 10.2 Å². The highest BCUT2D eigenvalue weighted by molar-refractivity contribution is 6.30. The quantitative estimate of drug-likeness (QED) is 0.728. The van der Waals surface area contributed by atoms with Gasteiger partial charge in [-0.05, 0) is 38.5 Å². The van der Waals surface area contributed by atoms with E-state index in [0.29, 0.717) is 16.3 Å². The van der Waals surface area contributed by atoms with E-state index in [1.807, 2.05) is 0 Å². The molecule has 3 rings (SSSR count). The molecular formula is C18H21ClN2O4.